The molecule has 0 aliphatic carbocycles. The van der Waals surface area contributed by atoms with Crippen molar-refractivity contribution in [2.45, 2.75) is 78.1 Å². The van der Waals surface area contributed by atoms with Gasteiger partial charge in [-0.15, -0.1) is 0 Å². The first-order chi connectivity index (χ1) is 17.1. The van der Waals surface area contributed by atoms with Gasteiger partial charge in [-0.1, -0.05) is 58.4 Å². The minimum Gasteiger partial charge on any atom is -0.423 e. The normalized spacial score (nSPS) is 10.7. The SMILES string of the molecule is CCCCCCc1cnc(-c2ccc(OC(=O)c3ccc(CCCCCC)c(C#N)c3)cc2)nc1. The summed E-state index contributed by atoms with van der Waals surface area (Å²) in [7, 11) is 0. The van der Waals surface area contributed by atoms with Gasteiger partial charge in [0.2, 0.25) is 0 Å². The van der Waals surface area contributed by atoms with Crippen LogP contribution in [0.15, 0.2) is 54.9 Å². The van der Waals surface area contributed by atoms with Crippen molar-refractivity contribution in [2.24, 2.45) is 0 Å². The monoisotopic (exact) mass is 469 g/mol. The zero-order valence-electron chi connectivity index (χ0n) is 20.9. The number of esters is 1. The standard InChI is InChI=1S/C30H35N3O2/c1-3-5-7-9-11-23-21-32-29(33-22-23)25-15-17-28(18-16-25)35-30(34)26-14-13-24(27(19-26)20-31)12-10-8-6-4-2/h13-19,21-22H,3-12H2,1-2H3. The second-order valence-corrected chi connectivity index (χ2v) is 8.93. The number of rotatable bonds is 13. The Balaban J connectivity index is 1.58. The molecule has 35 heavy (non-hydrogen) atoms. The van der Waals surface area contributed by atoms with Crippen molar-refractivity contribution in [3.8, 4) is 23.2 Å². The molecule has 5 heteroatoms. The number of hydrogen-bond donors (Lipinski definition) is 0. The largest absolute Gasteiger partial charge is 0.423 e. The Kier molecular flexibility index (Phi) is 10.4. The van der Waals surface area contributed by atoms with Gasteiger partial charge in [-0.2, -0.15) is 5.26 Å². The molecule has 0 fully saturated rings. The summed E-state index contributed by atoms with van der Waals surface area (Å²) in [5.74, 6) is 0.609. The lowest BCUT2D eigenvalue weighted by Gasteiger charge is -2.08. The first kappa shape index (κ1) is 26.1. The molecule has 0 radical (unpaired) electrons. The molecule has 0 bridgehead atoms. The fourth-order valence-electron chi connectivity index (χ4n) is 3.99. The fraction of sp³-hybridized carbons (Fsp3) is 0.400. The summed E-state index contributed by atoms with van der Waals surface area (Å²) in [6, 6.07) is 14.6. The lowest BCUT2D eigenvalue weighted by Crippen LogP contribution is -2.09. The average molecular weight is 470 g/mol. The Hall–Kier alpha value is -3.52. The van der Waals surface area contributed by atoms with Crippen LogP contribution in [0.25, 0.3) is 11.4 Å². The van der Waals surface area contributed by atoms with Gasteiger partial charge in [0.15, 0.2) is 5.82 Å². The molecule has 0 amide bonds. The third-order valence-electron chi connectivity index (χ3n) is 6.11. The van der Waals surface area contributed by atoms with Gasteiger partial charge in [-0.05, 0) is 73.2 Å². The van der Waals surface area contributed by atoms with Gasteiger partial charge < -0.3 is 4.74 Å². The van der Waals surface area contributed by atoms with Crippen LogP contribution in [0.2, 0.25) is 0 Å². The number of carbonyl (C=O) groups is 1. The maximum absolute atomic E-state index is 12.7. The molecule has 0 aliphatic rings. The van der Waals surface area contributed by atoms with Crippen LogP contribution in [-0.2, 0) is 12.8 Å². The second kappa shape index (κ2) is 14.0. The molecule has 0 spiro atoms. The van der Waals surface area contributed by atoms with E-state index >= 15 is 0 Å². The smallest absolute Gasteiger partial charge is 0.343 e. The number of ether oxygens (including phenoxy) is 1. The number of benzene rings is 2. The van der Waals surface area contributed by atoms with E-state index in [-0.39, 0.29) is 0 Å². The summed E-state index contributed by atoms with van der Waals surface area (Å²) in [4.78, 5) is 21.6. The third kappa shape index (κ3) is 8.03. The van der Waals surface area contributed by atoms with Gasteiger partial charge in [0, 0.05) is 18.0 Å². The Morgan fingerprint density at radius 3 is 2.14 bits per heavy atom. The predicted molar refractivity (Wildman–Crippen MR) is 139 cm³/mol. The van der Waals surface area contributed by atoms with Crippen molar-refractivity contribution in [3.05, 3.63) is 77.1 Å². The highest BCUT2D eigenvalue weighted by molar-refractivity contribution is 5.91. The molecule has 182 valence electrons. The minimum absolute atomic E-state index is 0.376. The number of nitrogens with zero attached hydrogens (tertiary/aromatic N) is 3. The zero-order chi connectivity index (χ0) is 24.9. The summed E-state index contributed by atoms with van der Waals surface area (Å²) in [5, 5.41) is 9.52. The average Bonchev–Trinajstić information content (AvgIpc) is 2.90. The molecule has 0 N–H and O–H groups in total. The van der Waals surface area contributed by atoms with Crippen molar-refractivity contribution in [1.82, 2.24) is 9.97 Å². The first-order valence-corrected chi connectivity index (χ1v) is 12.8. The van der Waals surface area contributed by atoms with Crippen molar-refractivity contribution in [2.75, 3.05) is 0 Å². The highest BCUT2D eigenvalue weighted by Gasteiger charge is 2.13. The minimum atomic E-state index is -0.476. The lowest BCUT2D eigenvalue weighted by molar-refractivity contribution is 0.0734. The summed E-state index contributed by atoms with van der Waals surface area (Å²) in [5.41, 5.74) is 3.91. The van der Waals surface area contributed by atoms with Crippen LogP contribution in [0.5, 0.6) is 5.75 Å². The Bertz CT molecular complexity index is 1120. The van der Waals surface area contributed by atoms with E-state index in [9.17, 15) is 10.1 Å². The van der Waals surface area contributed by atoms with E-state index in [1.54, 1.807) is 24.3 Å². The molecule has 0 aliphatic heterocycles. The molecule has 2 aromatic carbocycles. The van der Waals surface area contributed by atoms with E-state index in [1.165, 1.54) is 32.1 Å². The van der Waals surface area contributed by atoms with Crippen molar-refractivity contribution >= 4 is 5.97 Å². The Labute approximate surface area is 209 Å². The van der Waals surface area contributed by atoms with Gasteiger partial charge in [0.1, 0.15) is 5.75 Å². The van der Waals surface area contributed by atoms with Crippen LogP contribution in [0.1, 0.15) is 92.3 Å². The topological polar surface area (TPSA) is 75.9 Å². The maximum atomic E-state index is 12.7. The maximum Gasteiger partial charge on any atom is 0.343 e. The van der Waals surface area contributed by atoms with Gasteiger partial charge in [-0.3, -0.25) is 0 Å². The van der Waals surface area contributed by atoms with Crippen LogP contribution in [0.3, 0.4) is 0 Å². The Morgan fingerprint density at radius 1 is 0.857 bits per heavy atom. The van der Waals surface area contributed by atoms with Gasteiger partial charge in [0.05, 0.1) is 17.2 Å². The second-order valence-electron chi connectivity index (χ2n) is 8.93. The van der Waals surface area contributed by atoms with Crippen LogP contribution in [0.4, 0.5) is 0 Å². The molecule has 3 aromatic rings. The van der Waals surface area contributed by atoms with E-state index in [2.05, 4.69) is 29.9 Å². The number of aryl methyl sites for hydroxylation is 2. The van der Waals surface area contributed by atoms with Gasteiger partial charge in [-0.25, -0.2) is 14.8 Å². The van der Waals surface area contributed by atoms with Crippen LogP contribution < -0.4 is 4.74 Å². The molecule has 0 unspecified atom stereocenters. The molecule has 3 rings (SSSR count). The number of carbonyl (C=O) groups excluding carboxylic acids is 1. The summed E-state index contributed by atoms with van der Waals surface area (Å²) < 4.78 is 5.54. The number of aromatic nitrogens is 2. The predicted octanol–water partition coefficient (Wildman–Crippen LogP) is 7.48. The number of hydrogen-bond acceptors (Lipinski definition) is 5. The van der Waals surface area contributed by atoms with Gasteiger partial charge in [0.25, 0.3) is 0 Å². The third-order valence-corrected chi connectivity index (χ3v) is 6.11. The van der Waals surface area contributed by atoms with Gasteiger partial charge >= 0.3 is 5.97 Å². The highest BCUT2D eigenvalue weighted by atomic mass is 16.5. The van der Waals surface area contributed by atoms with E-state index in [0.717, 1.165) is 48.8 Å². The van der Waals surface area contributed by atoms with Crippen LogP contribution in [0, 0.1) is 11.3 Å². The van der Waals surface area contributed by atoms with E-state index in [0.29, 0.717) is 22.7 Å². The first-order valence-electron chi connectivity index (χ1n) is 12.8. The molecule has 0 saturated carbocycles. The van der Waals surface area contributed by atoms with E-state index < -0.39 is 5.97 Å². The number of nitriles is 1. The summed E-state index contributed by atoms with van der Waals surface area (Å²) >= 11 is 0. The molecular formula is C30H35N3O2. The van der Waals surface area contributed by atoms with Crippen LogP contribution >= 0.6 is 0 Å². The van der Waals surface area contributed by atoms with Crippen molar-refractivity contribution in [3.63, 3.8) is 0 Å². The fourth-order valence-corrected chi connectivity index (χ4v) is 3.99. The molecule has 1 heterocycles. The Morgan fingerprint density at radius 2 is 1.51 bits per heavy atom. The lowest BCUT2D eigenvalue weighted by atomic mass is 9.99. The quantitative estimate of drug-likeness (QED) is 0.147. The number of unbranched alkanes of at least 4 members (excludes halogenated alkanes) is 6. The summed E-state index contributed by atoms with van der Waals surface area (Å²) in [6.45, 7) is 4.39. The molecular weight excluding hydrogens is 434 g/mol. The highest BCUT2D eigenvalue weighted by Crippen LogP contribution is 2.21. The summed E-state index contributed by atoms with van der Waals surface area (Å²) in [6.07, 6.45) is 15.1. The van der Waals surface area contributed by atoms with E-state index in [1.807, 2.05) is 30.6 Å². The molecule has 0 atom stereocenters. The van der Waals surface area contributed by atoms with Crippen molar-refractivity contribution < 1.29 is 9.53 Å². The molecule has 0 saturated heterocycles. The van der Waals surface area contributed by atoms with E-state index in [4.69, 9.17) is 4.74 Å². The van der Waals surface area contributed by atoms with Crippen LogP contribution in [-0.4, -0.2) is 15.9 Å². The molecule has 5 nitrogen and oxygen atoms in total. The zero-order valence-corrected chi connectivity index (χ0v) is 20.9. The molecule has 1 aromatic heterocycles. The van der Waals surface area contributed by atoms with Crippen molar-refractivity contribution in [1.29, 1.82) is 5.26 Å².